The SMILES string of the molecule is COCOc1c(Cc2ccccc2)cccc1PCl. The van der Waals surface area contributed by atoms with Gasteiger partial charge in [0.15, 0.2) is 6.79 Å². The first-order valence-electron chi connectivity index (χ1n) is 5.99. The topological polar surface area (TPSA) is 18.5 Å². The molecule has 0 fully saturated rings. The molecule has 0 aliphatic carbocycles. The third-order valence-electron chi connectivity index (χ3n) is 2.76. The summed E-state index contributed by atoms with van der Waals surface area (Å²) in [6, 6.07) is 16.4. The Kier molecular flexibility index (Phi) is 5.65. The summed E-state index contributed by atoms with van der Waals surface area (Å²) >= 11 is 5.99. The van der Waals surface area contributed by atoms with Crippen molar-refractivity contribution in [1.29, 1.82) is 0 Å². The first kappa shape index (κ1) is 14.3. The zero-order chi connectivity index (χ0) is 13.5. The fraction of sp³-hybridized carbons (Fsp3) is 0.200. The maximum Gasteiger partial charge on any atom is 0.188 e. The van der Waals surface area contributed by atoms with Crippen LogP contribution in [0.2, 0.25) is 0 Å². The number of para-hydroxylation sites is 1. The largest absolute Gasteiger partial charge is 0.467 e. The van der Waals surface area contributed by atoms with E-state index < -0.39 is 0 Å². The van der Waals surface area contributed by atoms with Gasteiger partial charge in [0, 0.05) is 26.8 Å². The van der Waals surface area contributed by atoms with Crippen molar-refractivity contribution in [2.45, 2.75) is 6.42 Å². The molecule has 0 amide bonds. The fourth-order valence-electron chi connectivity index (χ4n) is 1.90. The normalized spacial score (nSPS) is 11.1. The molecule has 2 rings (SSSR count). The van der Waals surface area contributed by atoms with Crippen LogP contribution < -0.4 is 10.0 Å². The molecule has 2 aromatic rings. The highest BCUT2D eigenvalue weighted by molar-refractivity contribution is 7.75. The van der Waals surface area contributed by atoms with Gasteiger partial charge in [-0.15, -0.1) is 0 Å². The monoisotopic (exact) mass is 294 g/mol. The summed E-state index contributed by atoms with van der Waals surface area (Å²) in [6.07, 6.45) is 0.828. The van der Waals surface area contributed by atoms with E-state index >= 15 is 0 Å². The Morgan fingerprint density at radius 2 is 1.84 bits per heavy atom. The zero-order valence-corrected chi connectivity index (χ0v) is 12.5. The minimum atomic E-state index is 0.189. The highest BCUT2D eigenvalue weighted by atomic mass is 35.7. The van der Waals surface area contributed by atoms with E-state index in [9.17, 15) is 0 Å². The smallest absolute Gasteiger partial charge is 0.188 e. The molecule has 0 saturated carbocycles. The summed E-state index contributed by atoms with van der Waals surface area (Å²) in [5.41, 5.74) is 2.38. The van der Waals surface area contributed by atoms with E-state index in [4.69, 9.17) is 20.7 Å². The van der Waals surface area contributed by atoms with Crippen LogP contribution in [0.15, 0.2) is 48.5 Å². The molecule has 0 bridgehead atoms. The number of hydrogen-bond acceptors (Lipinski definition) is 2. The van der Waals surface area contributed by atoms with E-state index in [0.717, 1.165) is 23.0 Å². The van der Waals surface area contributed by atoms with Crippen LogP contribution in [0.4, 0.5) is 0 Å². The van der Waals surface area contributed by atoms with Crippen molar-refractivity contribution in [3.05, 3.63) is 59.7 Å². The number of methoxy groups -OCH3 is 1. The predicted octanol–water partition coefficient (Wildman–Crippen LogP) is 3.72. The van der Waals surface area contributed by atoms with Crippen molar-refractivity contribution in [3.8, 4) is 5.75 Å². The standard InChI is InChI=1S/C15H16ClO2P/c1-17-11-18-15-13(8-5-9-14(15)19-16)10-12-6-3-2-4-7-12/h2-9,19H,10-11H2,1H3. The van der Waals surface area contributed by atoms with Crippen molar-refractivity contribution in [1.82, 2.24) is 0 Å². The van der Waals surface area contributed by atoms with Crippen LogP contribution >= 0.6 is 19.2 Å². The molecule has 1 unspecified atom stereocenters. The number of benzene rings is 2. The van der Waals surface area contributed by atoms with Gasteiger partial charge in [0.1, 0.15) is 5.75 Å². The molecule has 2 aromatic carbocycles. The minimum Gasteiger partial charge on any atom is -0.467 e. The Morgan fingerprint density at radius 1 is 1.05 bits per heavy atom. The molecule has 0 aliphatic heterocycles. The van der Waals surface area contributed by atoms with Gasteiger partial charge < -0.3 is 9.47 Å². The van der Waals surface area contributed by atoms with Crippen LogP contribution in [0, 0.1) is 0 Å². The quantitative estimate of drug-likeness (QED) is 0.597. The molecule has 0 heterocycles. The summed E-state index contributed by atoms with van der Waals surface area (Å²) in [7, 11) is 1.80. The summed E-state index contributed by atoms with van der Waals surface area (Å²) in [4.78, 5) is 0. The van der Waals surface area contributed by atoms with Gasteiger partial charge in [0.2, 0.25) is 0 Å². The molecule has 0 N–H and O–H groups in total. The van der Waals surface area contributed by atoms with E-state index in [1.807, 2.05) is 30.3 Å². The lowest BCUT2D eigenvalue weighted by molar-refractivity contribution is 0.0513. The molecular weight excluding hydrogens is 279 g/mol. The molecule has 0 radical (unpaired) electrons. The molecule has 0 spiro atoms. The molecular formula is C15H16ClO2P. The van der Waals surface area contributed by atoms with Crippen LogP contribution in [0.5, 0.6) is 5.75 Å². The van der Waals surface area contributed by atoms with Crippen LogP contribution in [0.25, 0.3) is 0 Å². The highest BCUT2D eigenvalue weighted by Gasteiger charge is 2.10. The minimum absolute atomic E-state index is 0.189. The van der Waals surface area contributed by atoms with E-state index in [1.54, 1.807) is 7.11 Å². The maximum absolute atomic E-state index is 5.99. The second-order valence-electron chi connectivity index (χ2n) is 4.10. The van der Waals surface area contributed by atoms with Crippen LogP contribution in [0.1, 0.15) is 11.1 Å². The van der Waals surface area contributed by atoms with Gasteiger partial charge in [-0.1, -0.05) is 53.7 Å². The van der Waals surface area contributed by atoms with E-state index in [-0.39, 0.29) is 14.7 Å². The number of halogens is 1. The Bertz CT molecular complexity index is 517. The molecule has 2 nitrogen and oxygen atoms in total. The summed E-state index contributed by atoms with van der Waals surface area (Å²) in [5.74, 6) is 0.849. The van der Waals surface area contributed by atoms with E-state index in [0.29, 0.717) is 0 Å². The van der Waals surface area contributed by atoms with Crippen LogP contribution in [-0.2, 0) is 11.2 Å². The average molecular weight is 295 g/mol. The van der Waals surface area contributed by atoms with Crippen molar-refractivity contribution in [2.24, 2.45) is 0 Å². The van der Waals surface area contributed by atoms with E-state index in [2.05, 4.69) is 18.2 Å². The van der Waals surface area contributed by atoms with Crippen molar-refractivity contribution >= 4 is 24.5 Å². The number of rotatable bonds is 6. The lowest BCUT2D eigenvalue weighted by Crippen LogP contribution is -2.09. The van der Waals surface area contributed by atoms with Gasteiger partial charge >= 0.3 is 0 Å². The van der Waals surface area contributed by atoms with Gasteiger partial charge in [0.25, 0.3) is 0 Å². The molecule has 19 heavy (non-hydrogen) atoms. The second kappa shape index (κ2) is 7.49. The van der Waals surface area contributed by atoms with Gasteiger partial charge in [-0.05, 0) is 17.2 Å². The van der Waals surface area contributed by atoms with Crippen molar-refractivity contribution in [3.63, 3.8) is 0 Å². The van der Waals surface area contributed by atoms with Gasteiger partial charge in [-0.25, -0.2) is 0 Å². The first-order valence-corrected chi connectivity index (χ1v) is 8.00. The number of ether oxygens (including phenoxy) is 2. The summed E-state index contributed by atoms with van der Waals surface area (Å²) in [5, 5.41) is 1.02. The van der Waals surface area contributed by atoms with Crippen LogP contribution in [0.3, 0.4) is 0 Å². The Balaban J connectivity index is 2.28. The molecule has 0 saturated heterocycles. The highest BCUT2D eigenvalue weighted by Crippen LogP contribution is 2.28. The lowest BCUT2D eigenvalue weighted by Gasteiger charge is -2.14. The van der Waals surface area contributed by atoms with Gasteiger partial charge in [0.05, 0.1) is 0 Å². The zero-order valence-electron chi connectivity index (χ0n) is 10.7. The lowest BCUT2D eigenvalue weighted by atomic mass is 10.0. The molecule has 0 aromatic heterocycles. The van der Waals surface area contributed by atoms with Crippen LogP contribution in [-0.4, -0.2) is 13.9 Å². The summed E-state index contributed by atoms with van der Waals surface area (Å²) in [6.45, 7) is 0.236. The Hall–Kier alpha value is -1.08. The molecule has 4 heteroatoms. The second-order valence-corrected chi connectivity index (χ2v) is 5.40. The third kappa shape index (κ3) is 3.94. The Morgan fingerprint density at radius 3 is 2.53 bits per heavy atom. The van der Waals surface area contributed by atoms with E-state index in [1.165, 1.54) is 5.56 Å². The van der Waals surface area contributed by atoms with Gasteiger partial charge in [-0.2, -0.15) is 0 Å². The Labute approximate surface area is 120 Å². The molecule has 0 aliphatic rings. The number of hydrogen-bond donors (Lipinski definition) is 0. The third-order valence-corrected chi connectivity index (χ3v) is 3.97. The molecule has 1 atom stereocenters. The molecule has 100 valence electrons. The first-order chi connectivity index (χ1) is 9.35. The summed E-state index contributed by atoms with van der Waals surface area (Å²) < 4.78 is 10.7. The van der Waals surface area contributed by atoms with Crippen molar-refractivity contribution < 1.29 is 9.47 Å². The average Bonchev–Trinajstić information content (AvgIpc) is 2.46. The maximum atomic E-state index is 5.99. The van der Waals surface area contributed by atoms with Crippen molar-refractivity contribution in [2.75, 3.05) is 13.9 Å². The van der Waals surface area contributed by atoms with Gasteiger partial charge in [-0.3, -0.25) is 0 Å². The fourth-order valence-corrected chi connectivity index (χ4v) is 2.83. The predicted molar refractivity (Wildman–Crippen MR) is 82.0 cm³/mol.